The van der Waals surface area contributed by atoms with Crippen molar-refractivity contribution in [2.45, 2.75) is 46.6 Å². The van der Waals surface area contributed by atoms with Crippen LogP contribution in [0.5, 0.6) is 0 Å². The molecule has 0 saturated heterocycles. The predicted octanol–water partition coefficient (Wildman–Crippen LogP) is 4.51. The number of nitrogens with zero attached hydrogens (tertiary/aromatic N) is 1. The minimum atomic E-state index is -0.393. The number of aliphatic imine (C=N–C) groups is 1. The van der Waals surface area contributed by atoms with Crippen molar-refractivity contribution in [3.05, 3.63) is 33.5 Å². The van der Waals surface area contributed by atoms with Crippen LogP contribution in [0.2, 0.25) is 0 Å². The molecule has 0 aliphatic carbocycles. The minimum absolute atomic E-state index is 0.0152. The van der Waals surface area contributed by atoms with Crippen LogP contribution in [0.25, 0.3) is 11.0 Å². The highest BCUT2D eigenvalue weighted by Crippen LogP contribution is 2.38. The molecule has 1 N–H and O–H groups in total. The molecule has 2 heterocycles. The molecule has 22 heavy (non-hydrogen) atoms. The maximum Gasteiger partial charge on any atom is 0.138 e. The lowest BCUT2D eigenvalue weighted by Gasteiger charge is -2.24. The van der Waals surface area contributed by atoms with Crippen molar-refractivity contribution in [1.82, 2.24) is 0 Å². The first-order chi connectivity index (χ1) is 10.3. The molecular weight excluding hydrogens is 342 g/mol. The Kier molecular flexibility index (Phi) is 3.94. The molecule has 2 aromatic rings. The SMILES string of the molecule is CC(O)Cc1cc(Br)cc2c3c(oc12)CCN=C3C(C)(C)C. The van der Waals surface area contributed by atoms with Crippen LogP contribution in [0.3, 0.4) is 0 Å². The van der Waals surface area contributed by atoms with Gasteiger partial charge in [0.05, 0.1) is 11.8 Å². The van der Waals surface area contributed by atoms with Crippen LogP contribution < -0.4 is 0 Å². The standard InChI is InChI=1S/C18H22BrNO2/c1-10(21)7-11-8-12(19)9-13-15-14(22-16(11)13)5-6-20-17(15)18(2,3)4/h8-10,21H,5-7H2,1-4H3. The molecule has 0 fully saturated rings. The highest BCUT2D eigenvalue weighted by Gasteiger charge is 2.30. The van der Waals surface area contributed by atoms with Crippen LogP contribution >= 0.6 is 15.9 Å². The summed E-state index contributed by atoms with van der Waals surface area (Å²) in [5.74, 6) is 1.03. The Morgan fingerprint density at radius 1 is 1.36 bits per heavy atom. The highest BCUT2D eigenvalue weighted by atomic mass is 79.9. The van der Waals surface area contributed by atoms with E-state index in [4.69, 9.17) is 9.41 Å². The van der Waals surface area contributed by atoms with E-state index >= 15 is 0 Å². The monoisotopic (exact) mass is 363 g/mol. The van der Waals surface area contributed by atoms with Gasteiger partial charge in [0.25, 0.3) is 0 Å². The zero-order chi connectivity index (χ0) is 16.1. The fourth-order valence-electron chi connectivity index (χ4n) is 3.15. The third-order valence-electron chi connectivity index (χ3n) is 3.98. The molecule has 1 unspecified atom stereocenters. The Morgan fingerprint density at radius 2 is 2.09 bits per heavy atom. The molecule has 0 bridgehead atoms. The van der Waals surface area contributed by atoms with Gasteiger partial charge in [0.15, 0.2) is 0 Å². The fourth-order valence-corrected chi connectivity index (χ4v) is 3.65. The maximum atomic E-state index is 9.76. The Labute approximate surface area is 139 Å². The number of hydrogen-bond acceptors (Lipinski definition) is 3. The number of fused-ring (bicyclic) bond motifs is 3. The summed E-state index contributed by atoms with van der Waals surface area (Å²) in [6.45, 7) is 9.15. The lowest BCUT2D eigenvalue weighted by molar-refractivity contribution is 0.195. The lowest BCUT2D eigenvalue weighted by atomic mass is 9.82. The number of furan rings is 1. The third kappa shape index (κ3) is 2.74. The Bertz CT molecular complexity index is 751. The molecule has 1 aromatic carbocycles. The number of rotatable bonds is 2. The molecule has 3 nitrogen and oxygen atoms in total. The van der Waals surface area contributed by atoms with Gasteiger partial charge in [-0.2, -0.15) is 0 Å². The summed E-state index contributed by atoms with van der Waals surface area (Å²) < 4.78 is 7.20. The van der Waals surface area contributed by atoms with E-state index in [1.807, 2.05) is 6.07 Å². The summed E-state index contributed by atoms with van der Waals surface area (Å²) >= 11 is 3.59. The van der Waals surface area contributed by atoms with Gasteiger partial charge in [0.1, 0.15) is 11.3 Å². The minimum Gasteiger partial charge on any atom is -0.460 e. The molecule has 1 aliphatic heterocycles. The molecule has 1 atom stereocenters. The van der Waals surface area contributed by atoms with Crippen molar-refractivity contribution < 1.29 is 9.52 Å². The molecule has 0 radical (unpaired) electrons. The average molecular weight is 364 g/mol. The molecule has 3 rings (SSSR count). The Morgan fingerprint density at radius 3 is 2.73 bits per heavy atom. The molecule has 0 spiro atoms. The smallest absolute Gasteiger partial charge is 0.138 e. The topological polar surface area (TPSA) is 45.7 Å². The van der Waals surface area contributed by atoms with Gasteiger partial charge >= 0.3 is 0 Å². The van der Waals surface area contributed by atoms with Gasteiger partial charge in [-0.25, -0.2) is 0 Å². The molecule has 0 amide bonds. The van der Waals surface area contributed by atoms with Crippen molar-refractivity contribution in [2.24, 2.45) is 10.4 Å². The second-order valence-corrected chi connectivity index (χ2v) is 8.04. The van der Waals surface area contributed by atoms with Crippen molar-refractivity contribution in [2.75, 3.05) is 6.54 Å². The molecule has 4 heteroatoms. The first-order valence-electron chi connectivity index (χ1n) is 7.74. The maximum absolute atomic E-state index is 9.76. The molecule has 0 saturated carbocycles. The van der Waals surface area contributed by atoms with Gasteiger partial charge in [0, 0.05) is 40.2 Å². The van der Waals surface area contributed by atoms with E-state index in [9.17, 15) is 5.11 Å². The lowest BCUT2D eigenvalue weighted by Crippen LogP contribution is -2.25. The van der Waals surface area contributed by atoms with Gasteiger partial charge in [0.2, 0.25) is 0 Å². The number of halogens is 1. The van der Waals surface area contributed by atoms with Crippen LogP contribution in [0.1, 0.15) is 44.6 Å². The summed E-state index contributed by atoms with van der Waals surface area (Å²) in [4.78, 5) is 4.78. The second-order valence-electron chi connectivity index (χ2n) is 7.13. The summed E-state index contributed by atoms with van der Waals surface area (Å²) in [6, 6.07) is 4.15. The highest BCUT2D eigenvalue weighted by molar-refractivity contribution is 9.10. The summed E-state index contributed by atoms with van der Waals surface area (Å²) in [5, 5.41) is 10.9. The molecule has 1 aliphatic rings. The Hall–Kier alpha value is -1.13. The molecular formula is C18H22BrNO2. The van der Waals surface area contributed by atoms with Gasteiger partial charge < -0.3 is 9.52 Å². The van der Waals surface area contributed by atoms with Crippen molar-refractivity contribution in [3.8, 4) is 0 Å². The van der Waals surface area contributed by atoms with Gasteiger partial charge in [-0.05, 0) is 24.6 Å². The fraction of sp³-hybridized carbons (Fsp3) is 0.500. The summed E-state index contributed by atoms with van der Waals surface area (Å²) in [7, 11) is 0. The zero-order valence-electron chi connectivity index (χ0n) is 13.5. The first-order valence-corrected chi connectivity index (χ1v) is 8.54. The summed E-state index contributed by atoms with van der Waals surface area (Å²) in [5.41, 5.74) is 4.20. The first kappa shape index (κ1) is 15.8. The van der Waals surface area contributed by atoms with Gasteiger partial charge in [-0.15, -0.1) is 0 Å². The van der Waals surface area contributed by atoms with Crippen LogP contribution in [-0.4, -0.2) is 23.5 Å². The van der Waals surface area contributed by atoms with Gasteiger partial charge in [-0.3, -0.25) is 4.99 Å². The predicted molar refractivity (Wildman–Crippen MR) is 93.9 cm³/mol. The van der Waals surface area contributed by atoms with Crippen molar-refractivity contribution >= 4 is 32.6 Å². The normalized spacial score (nSPS) is 16.5. The van der Waals surface area contributed by atoms with E-state index in [0.29, 0.717) is 6.42 Å². The van der Waals surface area contributed by atoms with Gasteiger partial charge in [-0.1, -0.05) is 36.7 Å². The molecule has 118 valence electrons. The Balaban J connectivity index is 2.27. The quantitative estimate of drug-likeness (QED) is 0.852. The zero-order valence-corrected chi connectivity index (χ0v) is 15.1. The third-order valence-corrected chi connectivity index (χ3v) is 4.43. The van der Waals surface area contributed by atoms with Crippen LogP contribution in [0, 0.1) is 5.41 Å². The second kappa shape index (κ2) is 5.50. The van der Waals surface area contributed by atoms with E-state index in [-0.39, 0.29) is 5.41 Å². The van der Waals surface area contributed by atoms with Crippen LogP contribution in [0.4, 0.5) is 0 Å². The van der Waals surface area contributed by atoms with Crippen LogP contribution in [0.15, 0.2) is 26.0 Å². The largest absolute Gasteiger partial charge is 0.460 e. The van der Waals surface area contributed by atoms with E-state index < -0.39 is 6.10 Å². The average Bonchev–Trinajstić information content (AvgIpc) is 2.75. The number of hydrogen-bond donors (Lipinski definition) is 1. The molecule has 1 aromatic heterocycles. The van der Waals surface area contributed by atoms with E-state index in [2.05, 4.69) is 42.8 Å². The van der Waals surface area contributed by atoms with Crippen molar-refractivity contribution in [3.63, 3.8) is 0 Å². The summed E-state index contributed by atoms with van der Waals surface area (Å²) in [6.07, 6.45) is 1.04. The number of aliphatic hydroxyl groups excluding tert-OH is 1. The van der Waals surface area contributed by atoms with E-state index in [1.165, 1.54) is 0 Å². The van der Waals surface area contributed by atoms with Crippen molar-refractivity contribution in [1.29, 1.82) is 0 Å². The van der Waals surface area contributed by atoms with Crippen LogP contribution in [-0.2, 0) is 12.8 Å². The number of benzene rings is 1. The van der Waals surface area contributed by atoms with E-state index in [0.717, 1.165) is 51.0 Å². The number of aliphatic hydroxyl groups is 1. The van der Waals surface area contributed by atoms with E-state index in [1.54, 1.807) is 6.92 Å².